The summed E-state index contributed by atoms with van der Waals surface area (Å²) in [4.78, 5) is 4.81. The Morgan fingerprint density at radius 3 is 1.84 bits per heavy atom. The van der Waals surface area contributed by atoms with Crippen molar-refractivity contribution in [3.8, 4) is 0 Å². The SMILES string of the molecule is CN1CCC2=C1C=CC2CC1C=CC2=C1CCN2C. The average molecular weight is 254 g/mol. The number of allylic oxidation sites excluding steroid dienone is 4. The number of hydrogen-bond donors (Lipinski definition) is 0. The van der Waals surface area contributed by atoms with Crippen molar-refractivity contribution in [3.63, 3.8) is 0 Å². The van der Waals surface area contributed by atoms with E-state index in [0.29, 0.717) is 11.8 Å². The van der Waals surface area contributed by atoms with Crippen LogP contribution in [0.25, 0.3) is 0 Å². The zero-order chi connectivity index (χ0) is 13.0. The van der Waals surface area contributed by atoms with Gasteiger partial charge in [-0.3, -0.25) is 0 Å². The van der Waals surface area contributed by atoms with Gasteiger partial charge in [-0.15, -0.1) is 0 Å². The van der Waals surface area contributed by atoms with Crippen molar-refractivity contribution in [3.05, 3.63) is 46.8 Å². The van der Waals surface area contributed by atoms with E-state index in [1.165, 1.54) is 43.7 Å². The molecule has 0 bridgehead atoms. The lowest BCUT2D eigenvalue weighted by atomic mass is 9.86. The molecule has 4 rings (SSSR count). The molecule has 0 amide bonds. The zero-order valence-corrected chi connectivity index (χ0v) is 11.9. The number of nitrogens with zero attached hydrogens (tertiary/aromatic N) is 2. The van der Waals surface area contributed by atoms with Gasteiger partial charge in [-0.1, -0.05) is 12.2 Å². The summed E-state index contributed by atoms with van der Waals surface area (Å²) in [7, 11) is 4.44. The van der Waals surface area contributed by atoms with Gasteiger partial charge in [0.1, 0.15) is 0 Å². The van der Waals surface area contributed by atoms with E-state index in [1.807, 2.05) is 0 Å². The lowest BCUT2D eigenvalue weighted by Crippen LogP contribution is -2.11. The molecule has 0 N–H and O–H groups in total. The molecule has 2 atom stereocenters. The Balaban J connectivity index is 1.53. The van der Waals surface area contributed by atoms with Gasteiger partial charge in [0.05, 0.1) is 0 Å². The van der Waals surface area contributed by atoms with Crippen molar-refractivity contribution < 1.29 is 0 Å². The van der Waals surface area contributed by atoms with Crippen LogP contribution in [-0.4, -0.2) is 37.0 Å². The minimum Gasteiger partial charge on any atom is -0.374 e. The van der Waals surface area contributed by atoms with Crippen molar-refractivity contribution >= 4 is 0 Å². The lowest BCUT2D eigenvalue weighted by molar-refractivity contribution is 0.468. The maximum Gasteiger partial charge on any atom is 0.0359 e. The Hall–Kier alpha value is -1.44. The summed E-state index contributed by atoms with van der Waals surface area (Å²) in [6.45, 7) is 2.42. The zero-order valence-electron chi connectivity index (χ0n) is 11.9. The van der Waals surface area contributed by atoms with Gasteiger partial charge in [-0.2, -0.15) is 0 Å². The summed E-state index contributed by atoms with van der Waals surface area (Å²) in [5, 5.41) is 0. The van der Waals surface area contributed by atoms with Crippen molar-refractivity contribution in [2.75, 3.05) is 27.2 Å². The normalized spacial score (nSPS) is 32.1. The van der Waals surface area contributed by atoms with E-state index in [0.717, 1.165) is 0 Å². The molecule has 4 aliphatic rings. The minimum absolute atomic E-state index is 0.687. The highest BCUT2D eigenvalue weighted by Crippen LogP contribution is 2.43. The Bertz CT molecular complexity index is 487. The molecule has 2 unspecified atom stereocenters. The van der Waals surface area contributed by atoms with Gasteiger partial charge < -0.3 is 9.80 Å². The van der Waals surface area contributed by atoms with Crippen LogP contribution >= 0.6 is 0 Å². The van der Waals surface area contributed by atoms with Crippen LogP contribution in [0.4, 0.5) is 0 Å². The minimum atomic E-state index is 0.687. The summed E-state index contributed by atoms with van der Waals surface area (Å²) < 4.78 is 0. The highest BCUT2D eigenvalue weighted by molar-refractivity contribution is 5.42. The Labute approximate surface area is 115 Å². The van der Waals surface area contributed by atoms with Gasteiger partial charge in [0.15, 0.2) is 0 Å². The summed E-state index contributed by atoms with van der Waals surface area (Å²) in [6.07, 6.45) is 13.4. The average Bonchev–Trinajstić information content (AvgIpc) is 3.10. The molecule has 0 aromatic rings. The topological polar surface area (TPSA) is 6.48 Å². The van der Waals surface area contributed by atoms with Crippen LogP contribution in [0.2, 0.25) is 0 Å². The molecule has 2 nitrogen and oxygen atoms in total. The Morgan fingerprint density at radius 1 is 0.895 bits per heavy atom. The molecule has 0 aromatic heterocycles. The first-order chi connectivity index (χ1) is 9.24. The van der Waals surface area contributed by atoms with Crippen molar-refractivity contribution in [1.82, 2.24) is 9.80 Å². The van der Waals surface area contributed by atoms with Crippen LogP contribution in [0.3, 0.4) is 0 Å². The molecule has 0 saturated heterocycles. The Morgan fingerprint density at radius 2 is 1.37 bits per heavy atom. The third-order valence-corrected chi connectivity index (χ3v) is 5.29. The first kappa shape index (κ1) is 11.4. The molecular weight excluding hydrogens is 232 g/mol. The third kappa shape index (κ3) is 1.62. The summed E-state index contributed by atoms with van der Waals surface area (Å²) in [6, 6.07) is 0. The molecule has 100 valence electrons. The van der Waals surface area contributed by atoms with Gasteiger partial charge in [-0.05, 0) is 42.6 Å². The largest absolute Gasteiger partial charge is 0.374 e. The van der Waals surface area contributed by atoms with E-state index < -0.39 is 0 Å². The van der Waals surface area contributed by atoms with E-state index in [1.54, 1.807) is 11.1 Å². The van der Waals surface area contributed by atoms with E-state index in [9.17, 15) is 0 Å². The number of rotatable bonds is 2. The summed E-state index contributed by atoms with van der Waals surface area (Å²) >= 11 is 0. The molecule has 2 heterocycles. The number of likely N-dealkylation sites (N-methyl/N-ethyl adjacent to an activating group) is 2. The van der Waals surface area contributed by atoms with Crippen LogP contribution < -0.4 is 0 Å². The molecule has 0 radical (unpaired) electrons. The van der Waals surface area contributed by atoms with Crippen LogP contribution in [0.15, 0.2) is 46.8 Å². The van der Waals surface area contributed by atoms with Gasteiger partial charge in [0, 0.05) is 50.4 Å². The molecule has 0 aromatic carbocycles. The molecule has 2 aliphatic heterocycles. The van der Waals surface area contributed by atoms with Gasteiger partial charge >= 0.3 is 0 Å². The monoisotopic (exact) mass is 254 g/mol. The first-order valence-corrected chi connectivity index (χ1v) is 7.49. The van der Waals surface area contributed by atoms with E-state index in [-0.39, 0.29) is 0 Å². The molecule has 0 spiro atoms. The third-order valence-electron chi connectivity index (χ3n) is 5.29. The van der Waals surface area contributed by atoms with Crippen LogP contribution in [0.1, 0.15) is 19.3 Å². The fourth-order valence-electron chi connectivity index (χ4n) is 4.15. The predicted octanol–water partition coefficient (Wildman–Crippen LogP) is 2.93. The highest BCUT2D eigenvalue weighted by atomic mass is 15.1. The second kappa shape index (κ2) is 4.03. The first-order valence-electron chi connectivity index (χ1n) is 7.49. The second-order valence-electron chi connectivity index (χ2n) is 6.33. The quantitative estimate of drug-likeness (QED) is 0.747. The van der Waals surface area contributed by atoms with Crippen molar-refractivity contribution in [2.45, 2.75) is 19.3 Å². The fourth-order valence-corrected chi connectivity index (χ4v) is 4.15. The molecular formula is C17H22N2. The lowest BCUT2D eigenvalue weighted by Gasteiger charge is -2.17. The van der Waals surface area contributed by atoms with E-state index in [4.69, 9.17) is 0 Å². The molecule has 0 fully saturated rings. The standard InChI is InChI=1S/C17H22N2/c1-18-9-7-14-12(3-5-16(14)18)11-13-4-6-17-15(13)8-10-19(17)2/h3-6,12-13H,7-11H2,1-2H3. The molecule has 2 heteroatoms. The molecule has 2 aliphatic carbocycles. The Kier molecular flexibility index (Phi) is 2.41. The molecule has 0 saturated carbocycles. The smallest absolute Gasteiger partial charge is 0.0359 e. The second-order valence-corrected chi connectivity index (χ2v) is 6.33. The maximum absolute atomic E-state index is 2.44. The predicted molar refractivity (Wildman–Crippen MR) is 78.4 cm³/mol. The summed E-state index contributed by atoms with van der Waals surface area (Å²) in [5.41, 5.74) is 6.39. The van der Waals surface area contributed by atoms with Crippen molar-refractivity contribution in [1.29, 1.82) is 0 Å². The van der Waals surface area contributed by atoms with Crippen LogP contribution in [-0.2, 0) is 0 Å². The van der Waals surface area contributed by atoms with Gasteiger partial charge in [0.25, 0.3) is 0 Å². The summed E-state index contributed by atoms with van der Waals surface area (Å²) in [5.74, 6) is 1.37. The van der Waals surface area contributed by atoms with E-state index >= 15 is 0 Å². The number of hydrogen-bond acceptors (Lipinski definition) is 2. The van der Waals surface area contributed by atoms with Crippen molar-refractivity contribution in [2.24, 2.45) is 11.8 Å². The maximum atomic E-state index is 2.44. The van der Waals surface area contributed by atoms with Crippen LogP contribution in [0, 0.1) is 11.8 Å². The van der Waals surface area contributed by atoms with Gasteiger partial charge in [0.2, 0.25) is 0 Å². The van der Waals surface area contributed by atoms with E-state index in [2.05, 4.69) is 48.2 Å². The molecule has 19 heavy (non-hydrogen) atoms. The van der Waals surface area contributed by atoms with Crippen LogP contribution in [0.5, 0.6) is 0 Å². The van der Waals surface area contributed by atoms with Gasteiger partial charge in [-0.25, -0.2) is 0 Å². The highest BCUT2D eigenvalue weighted by Gasteiger charge is 2.33. The fraction of sp³-hybridized carbons (Fsp3) is 0.529.